The lowest BCUT2D eigenvalue weighted by Gasteiger charge is -1.98. The standard InChI is InChI=1S/C12H13NO3.C6H12/c1-2-16-12(15)8-5-10-3-6-11(7-4-10)13-9-14;1-6-4-2-3-5-6/h3-9H,2H2,1H3,(H,13,14);6H,2-5H2,1H3/b8-5+;. The van der Waals surface area contributed by atoms with Gasteiger partial charge in [0.2, 0.25) is 6.41 Å². The number of rotatable bonds is 5. The van der Waals surface area contributed by atoms with Gasteiger partial charge < -0.3 is 10.1 Å². The minimum absolute atomic E-state index is 0.363. The van der Waals surface area contributed by atoms with Crippen LogP contribution in [0.4, 0.5) is 5.69 Å². The summed E-state index contributed by atoms with van der Waals surface area (Å²) in [5.41, 5.74) is 1.58. The number of carbonyl (C=O) groups excluding carboxylic acids is 2. The first kappa shape index (κ1) is 18.0. The van der Waals surface area contributed by atoms with E-state index in [2.05, 4.69) is 12.2 Å². The van der Waals surface area contributed by atoms with Gasteiger partial charge in [-0.2, -0.15) is 0 Å². The molecule has 1 aromatic rings. The van der Waals surface area contributed by atoms with Gasteiger partial charge in [-0.1, -0.05) is 44.7 Å². The molecular weight excluding hydrogens is 278 g/mol. The Hall–Kier alpha value is -2.10. The van der Waals surface area contributed by atoms with Crippen LogP contribution in [0.5, 0.6) is 0 Å². The lowest BCUT2D eigenvalue weighted by molar-refractivity contribution is -0.137. The van der Waals surface area contributed by atoms with Gasteiger partial charge in [-0.15, -0.1) is 0 Å². The Morgan fingerprint density at radius 1 is 1.27 bits per heavy atom. The maximum absolute atomic E-state index is 11.0. The van der Waals surface area contributed by atoms with Crippen molar-refractivity contribution in [2.75, 3.05) is 11.9 Å². The normalized spacial score (nSPS) is 14.3. The van der Waals surface area contributed by atoms with Crippen molar-refractivity contribution in [2.24, 2.45) is 5.92 Å². The molecule has 4 heteroatoms. The first-order valence-electron chi connectivity index (χ1n) is 7.80. The number of hydrogen-bond donors (Lipinski definition) is 1. The van der Waals surface area contributed by atoms with Gasteiger partial charge in [-0.05, 0) is 36.6 Å². The highest BCUT2D eigenvalue weighted by atomic mass is 16.5. The molecule has 1 saturated carbocycles. The molecule has 0 heterocycles. The third-order valence-corrected chi connectivity index (χ3v) is 3.48. The third-order valence-electron chi connectivity index (χ3n) is 3.48. The van der Waals surface area contributed by atoms with Crippen molar-refractivity contribution < 1.29 is 14.3 Å². The predicted octanol–water partition coefficient (Wildman–Crippen LogP) is 4.03. The number of nitrogens with one attached hydrogen (secondary N) is 1. The Morgan fingerprint density at radius 3 is 2.36 bits per heavy atom. The average Bonchev–Trinajstić information content (AvgIpc) is 2.99. The number of amides is 1. The van der Waals surface area contributed by atoms with E-state index in [1.807, 2.05) is 0 Å². The maximum atomic E-state index is 11.0. The molecule has 0 spiro atoms. The fourth-order valence-corrected chi connectivity index (χ4v) is 2.24. The molecule has 0 saturated heterocycles. The highest BCUT2D eigenvalue weighted by Gasteiger charge is 2.07. The minimum atomic E-state index is -0.363. The molecule has 1 amide bonds. The fourth-order valence-electron chi connectivity index (χ4n) is 2.24. The monoisotopic (exact) mass is 303 g/mol. The molecule has 1 fully saturated rings. The van der Waals surface area contributed by atoms with Gasteiger partial charge in [-0.25, -0.2) is 4.79 Å². The molecule has 1 aliphatic carbocycles. The molecule has 1 aliphatic rings. The van der Waals surface area contributed by atoms with Crippen LogP contribution in [0.25, 0.3) is 6.08 Å². The van der Waals surface area contributed by atoms with E-state index in [0.717, 1.165) is 11.5 Å². The summed E-state index contributed by atoms with van der Waals surface area (Å²) < 4.78 is 4.74. The largest absolute Gasteiger partial charge is 0.463 e. The predicted molar refractivity (Wildman–Crippen MR) is 89.4 cm³/mol. The molecule has 1 N–H and O–H groups in total. The Labute approximate surface area is 132 Å². The van der Waals surface area contributed by atoms with Crippen molar-refractivity contribution in [3.05, 3.63) is 35.9 Å². The Morgan fingerprint density at radius 2 is 1.91 bits per heavy atom. The molecule has 2 rings (SSSR count). The second-order valence-corrected chi connectivity index (χ2v) is 5.36. The smallest absolute Gasteiger partial charge is 0.330 e. The van der Waals surface area contributed by atoms with Crippen LogP contribution in [0.15, 0.2) is 30.3 Å². The SMILES string of the molecule is CC1CCCC1.CCOC(=O)/C=C/c1ccc(NC=O)cc1. The van der Waals surface area contributed by atoms with Gasteiger partial charge in [0.1, 0.15) is 0 Å². The molecule has 0 aromatic heterocycles. The van der Waals surface area contributed by atoms with E-state index in [1.165, 1.54) is 31.8 Å². The van der Waals surface area contributed by atoms with E-state index < -0.39 is 0 Å². The fraction of sp³-hybridized carbons (Fsp3) is 0.444. The summed E-state index contributed by atoms with van der Waals surface area (Å²) in [6.45, 7) is 4.46. The van der Waals surface area contributed by atoms with Gasteiger partial charge in [0.25, 0.3) is 0 Å². The maximum Gasteiger partial charge on any atom is 0.330 e. The van der Waals surface area contributed by atoms with E-state index >= 15 is 0 Å². The lowest BCUT2D eigenvalue weighted by atomic mass is 10.2. The van der Waals surface area contributed by atoms with Crippen molar-refractivity contribution in [2.45, 2.75) is 39.5 Å². The van der Waals surface area contributed by atoms with Crippen LogP contribution in [0.3, 0.4) is 0 Å². The van der Waals surface area contributed by atoms with Crippen molar-refractivity contribution in [3.63, 3.8) is 0 Å². The lowest BCUT2D eigenvalue weighted by Crippen LogP contribution is -1.98. The topological polar surface area (TPSA) is 55.4 Å². The molecular formula is C18H25NO3. The van der Waals surface area contributed by atoms with Gasteiger partial charge >= 0.3 is 5.97 Å². The number of benzene rings is 1. The Bertz CT molecular complexity index is 474. The van der Waals surface area contributed by atoms with Gasteiger partial charge in [-0.3, -0.25) is 4.79 Å². The molecule has 0 atom stereocenters. The van der Waals surface area contributed by atoms with Gasteiger partial charge in [0.15, 0.2) is 0 Å². The molecule has 0 unspecified atom stereocenters. The summed E-state index contributed by atoms with van der Waals surface area (Å²) in [6.07, 6.45) is 9.58. The van der Waals surface area contributed by atoms with E-state index in [9.17, 15) is 9.59 Å². The molecule has 22 heavy (non-hydrogen) atoms. The first-order chi connectivity index (χ1) is 10.7. The summed E-state index contributed by atoms with van der Waals surface area (Å²) in [6, 6.07) is 7.08. The van der Waals surface area contributed by atoms with Gasteiger partial charge in [0.05, 0.1) is 6.61 Å². The van der Waals surface area contributed by atoms with Crippen LogP contribution in [0, 0.1) is 5.92 Å². The zero-order chi connectivity index (χ0) is 16.2. The molecule has 1 aromatic carbocycles. The van der Waals surface area contributed by atoms with Crippen molar-refractivity contribution in [1.29, 1.82) is 0 Å². The number of esters is 1. The Kier molecular flexibility index (Phi) is 8.65. The highest BCUT2D eigenvalue weighted by molar-refractivity contribution is 5.87. The van der Waals surface area contributed by atoms with Crippen molar-refractivity contribution in [3.8, 4) is 0 Å². The third kappa shape index (κ3) is 7.62. The highest BCUT2D eigenvalue weighted by Crippen LogP contribution is 2.22. The van der Waals surface area contributed by atoms with E-state index in [4.69, 9.17) is 4.74 Å². The van der Waals surface area contributed by atoms with Crippen molar-refractivity contribution in [1.82, 2.24) is 0 Å². The molecule has 0 radical (unpaired) electrons. The zero-order valence-electron chi connectivity index (χ0n) is 13.4. The van der Waals surface area contributed by atoms with E-state index in [0.29, 0.717) is 18.7 Å². The molecule has 120 valence electrons. The minimum Gasteiger partial charge on any atom is -0.463 e. The average molecular weight is 303 g/mol. The number of ether oxygens (including phenoxy) is 1. The van der Waals surface area contributed by atoms with Crippen LogP contribution in [-0.2, 0) is 14.3 Å². The summed E-state index contributed by atoms with van der Waals surface area (Å²) >= 11 is 0. The number of hydrogen-bond acceptors (Lipinski definition) is 3. The summed E-state index contributed by atoms with van der Waals surface area (Å²) in [4.78, 5) is 21.2. The zero-order valence-corrected chi connectivity index (χ0v) is 13.4. The summed E-state index contributed by atoms with van der Waals surface area (Å²) in [7, 11) is 0. The van der Waals surface area contributed by atoms with E-state index in [1.54, 1.807) is 37.3 Å². The summed E-state index contributed by atoms with van der Waals surface area (Å²) in [5, 5.41) is 2.52. The van der Waals surface area contributed by atoms with Crippen LogP contribution in [0.2, 0.25) is 0 Å². The number of anilines is 1. The van der Waals surface area contributed by atoms with Crippen LogP contribution < -0.4 is 5.32 Å². The number of carbonyl (C=O) groups is 2. The van der Waals surface area contributed by atoms with Crippen LogP contribution in [-0.4, -0.2) is 19.0 Å². The molecule has 0 bridgehead atoms. The Balaban J connectivity index is 0.000000335. The second-order valence-electron chi connectivity index (χ2n) is 5.36. The molecule has 4 nitrogen and oxygen atoms in total. The van der Waals surface area contributed by atoms with Gasteiger partial charge in [0, 0.05) is 11.8 Å². The van der Waals surface area contributed by atoms with Crippen LogP contribution in [0.1, 0.15) is 45.1 Å². The van der Waals surface area contributed by atoms with Crippen molar-refractivity contribution >= 4 is 24.1 Å². The van der Waals surface area contributed by atoms with Crippen LogP contribution >= 0.6 is 0 Å². The quantitative estimate of drug-likeness (QED) is 0.507. The second kappa shape index (κ2) is 10.6. The summed E-state index contributed by atoms with van der Waals surface area (Å²) in [5.74, 6) is 0.683. The first-order valence-corrected chi connectivity index (χ1v) is 7.80. The van der Waals surface area contributed by atoms with E-state index in [-0.39, 0.29) is 5.97 Å². The molecule has 0 aliphatic heterocycles.